The fraction of sp³-hybridized carbons (Fsp3) is 0.750. The first-order chi connectivity index (χ1) is 9.33. The first-order valence-corrected chi connectivity index (χ1v) is 7.80. The zero-order valence-corrected chi connectivity index (χ0v) is 12.4. The van der Waals surface area contributed by atoms with Gasteiger partial charge in [-0.1, -0.05) is 20.3 Å². The van der Waals surface area contributed by atoms with Crippen LogP contribution in [0.3, 0.4) is 0 Å². The summed E-state index contributed by atoms with van der Waals surface area (Å²) in [4.78, 5) is 0. The number of nitrogens with one attached hydrogen (secondary N) is 1. The van der Waals surface area contributed by atoms with Crippen LogP contribution in [-0.2, 0) is 11.5 Å². The summed E-state index contributed by atoms with van der Waals surface area (Å²) in [5, 5.41) is 3.63. The number of hydrogen-bond donors (Lipinski definition) is 1. The van der Waals surface area contributed by atoms with Crippen LogP contribution >= 0.6 is 0 Å². The Kier molecular flexibility index (Phi) is 5.93. The minimum Gasteiger partial charge on any atom is -0.361 e. The van der Waals surface area contributed by atoms with Crippen molar-refractivity contribution in [3.8, 4) is 0 Å². The Balaban J connectivity index is 1.81. The van der Waals surface area contributed by atoms with E-state index in [2.05, 4.69) is 42.2 Å². The highest BCUT2D eigenvalue weighted by Crippen LogP contribution is 2.28. The molecule has 1 heterocycles. The summed E-state index contributed by atoms with van der Waals surface area (Å²) in [5.74, 6) is 0.842. The average Bonchev–Trinajstić information content (AvgIpc) is 3.12. The van der Waals surface area contributed by atoms with Crippen molar-refractivity contribution in [2.24, 2.45) is 5.92 Å². The van der Waals surface area contributed by atoms with Gasteiger partial charge in [-0.25, -0.2) is 0 Å². The summed E-state index contributed by atoms with van der Waals surface area (Å²) < 4.78 is 7.88. The van der Waals surface area contributed by atoms with Gasteiger partial charge in [-0.15, -0.1) is 0 Å². The molecule has 1 fully saturated rings. The van der Waals surface area contributed by atoms with Crippen molar-refractivity contribution in [2.45, 2.75) is 58.7 Å². The number of nitrogens with zero attached hydrogens (tertiary/aromatic N) is 1. The lowest BCUT2D eigenvalue weighted by Crippen LogP contribution is -2.21. The van der Waals surface area contributed by atoms with Gasteiger partial charge < -0.3 is 14.6 Å². The first kappa shape index (κ1) is 14.6. The molecule has 1 aliphatic carbocycles. The lowest BCUT2D eigenvalue weighted by molar-refractivity contribution is 0.0691. The third-order valence-electron chi connectivity index (χ3n) is 3.68. The topological polar surface area (TPSA) is 26.2 Å². The first-order valence-electron chi connectivity index (χ1n) is 7.80. The molecule has 1 aromatic heterocycles. The highest BCUT2D eigenvalue weighted by atomic mass is 16.5. The van der Waals surface area contributed by atoms with Gasteiger partial charge >= 0.3 is 0 Å². The third-order valence-corrected chi connectivity index (χ3v) is 3.68. The Morgan fingerprint density at radius 1 is 1.37 bits per heavy atom. The highest BCUT2D eigenvalue weighted by molar-refractivity contribution is 5.15. The van der Waals surface area contributed by atoms with Gasteiger partial charge in [-0.3, -0.25) is 0 Å². The van der Waals surface area contributed by atoms with Crippen LogP contribution in [0.25, 0.3) is 0 Å². The average molecular weight is 264 g/mol. The molecule has 0 radical (unpaired) electrons. The molecule has 1 atom stereocenters. The lowest BCUT2D eigenvalue weighted by atomic mass is 10.1. The number of rotatable bonds is 10. The Bertz CT molecular complexity index is 357. The molecule has 0 aliphatic heterocycles. The molecule has 1 N–H and O–H groups in total. The van der Waals surface area contributed by atoms with Gasteiger partial charge in [0.25, 0.3) is 0 Å². The Labute approximate surface area is 117 Å². The van der Waals surface area contributed by atoms with E-state index in [-0.39, 0.29) is 0 Å². The van der Waals surface area contributed by atoms with E-state index in [0.717, 1.165) is 19.1 Å². The summed E-state index contributed by atoms with van der Waals surface area (Å²) in [7, 11) is 0. The maximum absolute atomic E-state index is 5.72. The predicted molar refractivity (Wildman–Crippen MR) is 79.1 cm³/mol. The zero-order valence-electron chi connectivity index (χ0n) is 12.4. The van der Waals surface area contributed by atoms with Crippen LogP contribution in [0, 0.1) is 5.92 Å². The third kappa shape index (κ3) is 5.00. The number of hydrogen-bond acceptors (Lipinski definition) is 2. The van der Waals surface area contributed by atoms with Crippen LogP contribution in [0.15, 0.2) is 18.5 Å². The van der Waals surface area contributed by atoms with Gasteiger partial charge in [-0.05, 0) is 49.8 Å². The molecule has 0 saturated heterocycles. The predicted octanol–water partition coefficient (Wildman–Crippen LogP) is 3.71. The highest BCUT2D eigenvalue weighted by Gasteiger charge is 2.21. The lowest BCUT2D eigenvalue weighted by Gasteiger charge is -2.16. The molecule has 0 amide bonds. The molecule has 1 aromatic rings. The zero-order chi connectivity index (χ0) is 13.5. The number of aromatic nitrogens is 1. The van der Waals surface area contributed by atoms with Crippen molar-refractivity contribution < 1.29 is 4.74 Å². The Hall–Kier alpha value is -0.800. The molecule has 1 unspecified atom stereocenters. The van der Waals surface area contributed by atoms with Crippen LogP contribution in [0.2, 0.25) is 0 Å². The maximum Gasteiger partial charge on any atom is 0.122 e. The fourth-order valence-electron chi connectivity index (χ4n) is 2.35. The molecule has 1 aliphatic rings. The van der Waals surface area contributed by atoms with E-state index in [4.69, 9.17) is 4.74 Å². The van der Waals surface area contributed by atoms with Gasteiger partial charge in [0.15, 0.2) is 0 Å². The fourth-order valence-corrected chi connectivity index (χ4v) is 2.35. The second-order valence-electron chi connectivity index (χ2n) is 5.70. The molecule has 0 bridgehead atoms. The Morgan fingerprint density at radius 2 is 2.21 bits per heavy atom. The van der Waals surface area contributed by atoms with Gasteiger partial charge in [-0.2, -0.15) is 0 Å². The standard InChI is InChI=1S/C16H28N2O/c1-3-5-16(17-9-4-2)15-8-10-18(11-15)13-19-12-14-6-7-14/h8,10-11,14,16-17H,3-7,9,12-13H2,1-2H3. The molecular weight excluding hydrogens is 236 g/mol. The van der Waals surface area contributed by atoms with Crippen molar-refractivity contribution in [3.05, 3.63) is 24.0 Å². The van der Waals surface area contributed by atoms with Crippen LogP contribution in [0.5, 0.6) is 0 Å². The van der Waals surface area contributed by atoms with E-state index >= 15 is 0 Å². The number of ether oxygens (including phenoxy) is 1. The quantitative estimate of drug-likeness (QED) is 0.697. The second-order valence-corrected chi connectivity index (χ2v) is 5.70. The van der Waals surface area contributed by atoms with Crippen molar-refractivity contribution in [1.29, 1.82) is 0 Å². The summed E-state index contributed by atoms with van der Waals surface area (Å²) >= 11 is 0. The van der Waals surface area contributed by atoms with E-state index in [1.165, 1.54) is 37.7 Å². The van der Waals surface area contributed by atoms with E-state index in [9.17, 15) is 0 Å². The molecule has 0 spiro atoms. The monoisotopic (exact) mass is 264 g/mol. The van der Waals surface area contributed by atoms with Gasteiger partial charge in [0, 0.05) is 18.4 Å². The van der Waals surface area contributed by atoms with Crippen LogP contribution < -0.4 is 5.32 Å². The summed E-state index contributed by atoms with van der Waals surface area (Å²) in [6.07, 6.45) is 10.7. The van der Waals surface area contributed by atoms with Crippen LogP contribution in [-0.4, -0.2) is 17.7 Å². The van der Waals surface area contributed by atoms with Crippen molar-refractivity contribution in [1.82, 2.24) is 9.88 Å². The van der Waals surface area contributed by atoms with Crippen molar-refractivity contribution >= 4 is 0 Å². The molecule has 108 valence electrons. The van der Waals surface area contributed by atoms with Crippen LogP contribution in [0.4, 0.5) is 0 Å². The molecule has 19 heavy (non-hydrogen) atoms. The smallest absolute Gasteiger partial charge is 0.122 e. The molecule has 3 nitrogen and oxygen atoms in total. The van der Waals surface area contributed by atoms with Gasteiger partial charge in [0.05, 0.1) is 6.61 Å². The van der Waals surface area contributed by atoms with Gasteiger partial charge in [0.2, 0.25) is 0 Å². The largest absolute Gasteiger partial charge is 0.361 e. The normalized spacial score (nSPS) is 16.7. The molecule has 0 aromatic carbocycles. The molecule has 3 heteroatoms. The molecule has 2 rings (SSSR count). The summed E-state index contributed by atoms with van der Waals surface area (Å²) in [5.41, 5.74) is 1.39. The Morgan fingerprint density at radius 3 is 2.89 bits per heavy atom. The van der Waals surface area contributed by atoms with E-state index in [0.29, 0.717) is 12.8 Å². The molecular formula is C16H28N2O. The SMILES string of the molecule is CCCNC(CCC)c1ccn(COCC2CC2)c1. The molecule has 1 saturated carbocycles. The van der Waals surface area contributed by atoms with Crippen molar-refractivity contribution in [2.75, 3.05) is 13.2 Å². The summed E-state index contributed by atoms with van der Waals surface area (Å²) in [6.45, 7) is 7.18. The van der Waals surface area contributed by atoms with E-state index in [1.54, 1.807) is 0 Å². The minimum atomic E-state index is 0.495. The van der Waals surface area contributed by atoms with Crippen molar-refractivity contribution in [3.63, 3.8) is 0 Å². The van der Waals surface area contributed by atoms with E-state index in [1.807, 2.05) is 0 Å². The maximum atomic E-state index is 5.72. The van der Waals surface area contributed by atoms with E-state index < -0.39 is 0 Å². The summed E-state index contributed by atoms with van der Waals surface area (Å²) in [6, 6.07) is 2.72. The van der Waals surface area contributed by atoms with Crippen LogP contribution in [0.1, 0.15) is 57.6 Å². The minimum absolute atomic E-state index is 0.495. The van der Waals surface area contributed by atoms with Gasteiger partial charge in [0.1, 0.15) is 6.73 Å². The second kappa shape index (κ2) is 7.71.